The molecule has 2 saturated carbocycles. The fraction of sp³-hybridized carbons (Fsp3) is 1.00. The van der Waals surface area contributed by atoms with Crippen LogP contribution < -0.4 is 0 Å². The average molecular weight is 154 g/mol. The molecule has 0 radical (unpaired) electrons. The average Bonchev–Trinajstić information content (AvgIpc) is 2.64. The van der Waals surface area contributed by atoms with E-state index in [0.29, 0.717) is 0 Å². The normalized spacial score (nSPS) is 45.8. The lowest BCUT2D eigenvalue weighted by molar-refractivity contribution is -0.190. The van der Waals surface area contributed by atoms with E-state index in [2.05, 4.69) is 0 Å². The van der Waals surface area contributed by atoms with Gasteiger partial charge < -0.3 is 9.47 Å². The number of fused-ring (bicyclic) bond motifs is 3. The van der Waals surface area contributed by atoms with Crippen molar-refractivity contribution in [3.63, 3.8) is 0 Å². The molecule has 11 heavy (non-hydrogen) atoms. The van der Waals surface area contributed by atoms with E-state index in [9.17, 15) is 0 Å². The van der Waals surface area contributed by atoms with Crippen LogP contribution in [0.25, 0.3) is 0 Å². The molecule has 2 nitrogen and oxygen atoms in total. The van der Waals surface area contributed by atoms with Gasteiger partial charge in [0.05, 0.1) is 13.2 Å². The molecule has 3 fully saturated rings. The molecule has 1 spiro atoms. The lowest BCUT2D eigenvalue weighted by Gasteiger charge is -2.31. The summed E-state index contributed by atoms with van der Waals surface area (Å²) < 4.78 is 11.4. The topological polar surface area (TPSA) is 18.5 Å². The predicted molar refractivity (Wildman–Crippen MR) is 40.1 cm³/mol. The van der Waals surface area contributed by atoms with Crippen LogP contribution in [0.5, 0.6) is 0 Å². The molecule has 0 amide bonds. The van der Waals surface area contributed by atoms with Gasteiger partial charge in [0.2, 0.25) is 0 Å². The van der Waals surface area contributed by atoms with Gasteiger partial charge in [-0.1, -0.05) is 0 Å². The monoisotopic (exact) mass is 154 g/mol. The first-order valence-electron chi connectivity index (χ1n) is 4.67. The fourth-order valence-electron chi connectivity index (χ4n) is 3.05. The van der Waals surface area contributed by atoms with Crippen molar-refractivity contribution in [2.75, 3.05) is 13.2 Å². The number of ether oxygens (including phenoxy) is 2. The largest absolute Gasteiger partial charge is 0.347 e. The third-order valence-electron chi connectivity index (χ3n) is 3.51. The van der Waals surface area contributed by atoms with E-state index < -0.39 is 0 Å². The lowest BCUT2D eigenvalue weighted by atomic mass is 9.94. The van der Waals surface area contributed by atoms with Crippen molar-refractivity contribution in [3.05, 3.63) is 0 Å². The van der Waals surface area contributed by atoms with Gasteiger partial charge in [-0.05, 0) is 25.2 Å². The van der Waals surface area contributed by atoms with Gasteiger partial charge in [-0.15, -0.1) is 0 Å². The van der Waals surface area contributed by atoms with Crippen LogP contribution in [-0.4, -0.2) is 19.0 Å². The highest BCUT2D eigenvalue weighted by atomic mass is 16.7. The summed E-state index contributed by atoms with van der Waals surface area (Å²) in [4.78, 5) is 0. The number of rotatable bonds is 0. The van der Waals surface area contributed by atoms with E-state index in [0.717, 1.165) is 25.0 Å². The van der Waals surface area contributed by atoms with Crippen molar-refractivity contribution < 1.29 is 9.47 Å². The summed E-state index contributed by atoms with van der Waals surface area (Å²) in [6.45, 7) is 1.65. The highest BCUT2D eigenvalue weighted by molar-refractivity contribution is 4.98. The molecule has 3 aliphatic rings. The highest BCUT2D eigenvalue weighted by Crippen LogP contribution is 2.54. The third kappa shape index (κ3) is 0.744. The molecule has 0 aromatic rings. The van der Waals surface area contributed by atoms with E-state index in [4.69, 9.17) is 9.47 Å². The van der Waals surface area contributed by atoms with E-state index in [-0.39, 0.29) is 5.79 Å². The van der Waals surface area contributed by atoms with Crippen LogP contribution in [0.3, 0.4) is 0 Å². The maximum Gasteiger partial charge on any atom is 0.171 e. The van der Waals surface area contributed by atoms with E-state index in [1.165, 1.54) is 25.7 Å². The molecule has 3 rings (SSSR count). The molecule has 2 bridgehead atoms. The van der Waals surface area contributed by atoms with Gasteiger partial charge >= 0.3 is 0 Å². The Morgan fingerprint density at radius 2 is 1.91 bits per heavy atom. The van der Waals surface area contributed by atoms with Crippen molar-refractivity contribution in [2.24, 2.45) is 11.8 Å². The first kappa shape index (κ1) is 6.44. The Labute approximate surface area is 66.9 Å². The zero-order chi connectivity index (χ0) is 7.31. The molecular formula is C9H14O2. The molecule has 2 aliphatic carbocycles. The zero-order valence-electron chi connectivity index (χ0n) is 6.71. The summed E-state index contributed by atoms with van der Waals surface area (Å²) in [6.07, 6.45) is 5.29. The SMILES string of the molecule is C1COC2(C[C@H]3CC[C@H]2C3)O1. The van der Waals surface area contributed by atoms with Gasteiger partial charge in [-0.2, -0.15) is 0 Å². The van der Waals surface area contributed by atoms with Gasteiger partial charge in [0.1, 0.15) is 0 Å². The van der Waals surface area contributed by atoms with Crippen molar-refractivity contribution in [2.45, 2.75) is 31.5 Å². The Kier molecular flexibility index (Phi) is 1.16. The van der Waals surface area contributed by atoms with Crippen molar-refractivity contribution >= 4 is 0 Å². The van der Waals surface area contributed by atoms with Crippen LogP contribution in [0.1, 0.15) is 25.7 Å². The van der Waals surface area contributed by atoms with Crippen LogP contribution in [0, 0.1) is 11.8 Å². The molecular weight excluding hydrogens is 140 g/mol. The van der Waals surface area contributed by atoms with E-state index in [1.807, 2.05) is 0 Å². The smallest absolute Gasteiger partial charge is 0.171 e. The number of hydrogen-bond donors (Lipinski definition) is 0. The Morgan fingerprint density at radius 1 is 1.09 bits per heavy atom. The van der Waals surface area contributed by atoms with Crippen LogP contribution in [0.2, 0.25) is 0 Å². The Balaban J connectivity index is 1.88. The summed E-state index contributed by atoms with van der Waals surface area (Å²) >= 11 is 0. The molecule has 0 unspecified atom stereocenters. The molecule has 0 aromatic carbocycles. The quantitative estimate of drug-likeness (QED) is 0.527. The van der Waals surface area contributed by atoms with Gasteiger partial charge in [-0.25, -0.2) is 0 Å². The van der Waals surface area contributed by atoms with Crippen LogP contribution >= 0.6 is 0 Å². The summed E-state index contributed by atoms with van der Waals surface area (Å²) in [5.74, 6) is 1.55. The van der Waals surface area contributed by atoms with Crippen LogP contribution in [0.15, 0.2) is 0 Å². The predicted octanol–water partition coefficient (Wildman–Crippen LogP) is 1.55. The minimum atomic E-state index is -0.0943. The maximum atomic E-state index is 5.71. The second-order valence-electron chi connectivity index (χ2n) is 4.09. The summed E-state index contributed by atoms with van der Waals surface area (Å²) in [6, 6.07) is 0. The summed E-state index contributed by atoms with van der Waals surface area (Å²) in [5.41, 5.74) is 0. The zero-order valence-corrected chi connectivity index (χ0v) is 6.71. The van der Waals surface area contributed by atoms with Gasteiger partial charge in [0.15, 0.2) is 5.79 Å². The standard InChI is InChI=1S/C9H14O2/c1-2-8-5-7(1)6-9(8)10-3-4-11-9/h7-8H,1-6H2/t7-,8-/m0/s1. The molecule has 0 N–H and O–H groups in total. The Bertz CT molecular complexity index is 172. The first-order chi connectivity index (χ1) is 5.39. The fourth-order valence-corrected chi connectivity index (χ4v) is 3.05. The minimum Gasteiger partial charge on any atom is -0.347 e. The second-order valence-corrected chi connectivity index (χ2v) is 4.09. The Morgan fingerprint density at radius 3 is 2.45 bits per heavy atom. The molecule has 0 aromatic heterocycles. The lowest BCUT2D eigenvalue weighted by Crippen LogP contribution is -2.36. The molecule has 2 atom stereocenters. The van der Waals surface area contributed by atoms with Crippen LogP contribution in [0.4, 0.5) is 0 Å². The van der Waals surface area contributed by atoms with E-state index in [1.54, 1.807) is 0 Å². The molecule has 2 heteroatoms. The highest BCUT2D eigenvalue weighted by Gasteiger charge is 2.54. The molecule has 1 saturated heterocycles. The summed E-state index contributed by atoms with van der Waals surface area (Å²) in [7, 11) is 0. The molecule has 1 aliphatic heterocycles. The second kappa shape index (κ2) is 1.99. The van der Waals surface area contributed by atoms with Crippen molar-refractivity contribution in [3.8, 4) is 0 Å². The van der Waals surface area contributed by atoms with Gasteiger partial charge in [-0.3, -0.25) is 0 Å². The Hall–Kier alpha value is -0.0800. The summed E-state index contributed by atoms with van der Waals surface area (Å²) in [5, 5.41) is 0. The third-order valence-corrected chi connectivity index (χ3v) is 3.51. The number of hydrogen-bond acceptors (Lipinski definition) is 2. The maximum absolute atomic E-state index is 5.71. The van der Waals surface area contributed by atoms with Crippen LogP contribution in [-0.2, 0) is 9.47 Å². The van der Waals surface area contributed by atoms with E-state index >= 15 is 0 Å². The van der Waals surface area contributed by atoms with Gasteiger partial charge in [0.25, 0.3) is 0 Å². The minimum absolute atomic E-state index is 0.0943. The molecule has 1 heterocycles. The first-order valence-corrected chi connectivity index (χ1v) is 4.67. The molecule has 62 valence electrons. The van der Waals surface area contributed by atoms with Crippen molar-refractivity contribution in [1.82, 2.24) is 0 Å². The van der Waals surface area contributed by atoms with Gasteiger partial charge in [0, 0.05) is 12.3 Å². The van der Waals surface area contributed by atoms with Crippen molar-refractivity contribution in [1.29, 1.82) is 0 Å².